The Morgan fingerprint density at radius 3 is 2.60 bits per heavy atom. The Hall–Kier alpha value is -1.50. The van der Waals surface area contributed by atoms with Crippen molar-refractivity contribution >= 4 is 31.5 Å². The van der Waals surface area contributed by atoms with Crippen LogP contribution >= 0.6 is 11.3 Å². The second-order valence-electron chi connectivity index (χ2n) is 9.07. The van der Waals surface area contributed by atoms with E-state index in [4.69, 9.17) is 0 Å². The summed E-state index contributed by atoms with van der Waals surface area (Å²) in [6, 6.07) is 16.7. The molecule has 2 saturated heterocycles. The van der Waals surface area contributed by atoms with Crippen LogP contribution in [0, 0.1) is 0 Å². The van der Waals surface area contributed by atoms with Gasteiger partial charge in [0, 0.05) is 65.0 Å². The average molecular weight is 424 g/mol. The van der Waals surface area contributed by atoms with Crippen LogP contribution in [0.4, 0.5) is 0 Å². The summed E-state index contributed by atoms with van der Waals surface area (Å²) in [6.45, 7) is 7.00. The van der Waals surface area contributed by atoms with Crippen molar-refractivity contribution in [3.05, 3.63) is 48.0 Å². The van der Waals surface area contributed by atoms with Crippen molar-refractivity contribution in [2.75, 3.05) is 46.4 Å². The lowest BCUT2D eigenvalue weighted by Crippen LogP contribution is -2.58. The van der Waals surface area contributed by atoms with Crippen LogP contribution < -0.4 is 0 Å². The van der Waals surface area contributed by atoms with Gasteiger partial charge in [-0.15, -0.1) is 11.3 Å². The molecule has 2 aromatic carbocycles. The summed E-state index contributed by atoms with van der Waals surface area (Å²) in [5.41, 5.74) is 1.45. The first-order valence-corrected chi connectivity index (χ1v) is 12.2. The molecule has 3 aromatic rings. The highest BCUT2D eigenvalue weighted by atomic mass is 32.1. The highest BCUT2D eigenvalue weighted by Gasteiger charge is 2.33. The van der Waals surface area contributed by atoms with E-state index in [9.17, 15) is 5.11 Å². The van der Waals surface area contributed by atoms with Crippen LogP contribution in [0.2, 0.25) is 0 Å². The first-order chi connectivity index (χ1) is 14.7. The van der Waals surface area contributed by atoms with Gasteiger partial charge < -0.3 is 10.0 Å². The second-order valence-corrected chi connectivity index (χ2v) is 10.1. The van der Waals surface area contributed by atoms with Crippen LogP contribution in [0.15, 0.2) is 42.5 Å². The Morgan fingerprint density at radius 1 is 0.967 bits per heavy atom. The van der Waals surface area contributed by atoms with Crippen LogP contribution in [0.1, 0.15) is 24.8 Å². The Morgan fingerprint density at radius 2 is 1.77 bits per heavy atom. The van der Waals surface area contributed by atoms with Crippen LogP contribution in [0.25, 0.3) is 20.2 Å². The number of hydrogen-bond acceptors (Lipinski definition) is 5. The molecule has 2 fully saturated rings. The molecule has 160 valence electrons. The summed E-state index contributed by atoms with van der Waals surface area (Å²) in [4.78, 5) is 7.78. The molecular weight excluding hydrogens is 390 g/mol. The quantitative estimate of drug-likeness (QED) is 0.671. The summed E-state index contributed by atoms with van der Waals surface area (Å²) >= 11 is 1.93. The lowest BCUT2D eigenvalue weighted by atomic mass is 9.98. The van der Waals surface area contributed by atoms with Crippen LogP contribution in [-0.4, -0.2) is 78.3 Å². The van der Waals surface area contributed by atoms with E-state index >= 15 is 0 Å². The van der Waals surface area contributed by atoms with E-state index in [2.05, 4.69) is 64.2 Å². The number of piperidine rings is 1. The van der Waals surface area contributed by atoms with Crippen molar-refractivity contribution in [3.8, 4) is 0 Å². The molecular formula is C25H33N3OS. The third kappa shape index (κ3) is 4.02. The van der Waals surface area contributed by atoms with E-state index in [1.807, 2.05) is 11.3 Å². The molecule has 0 radical (unpaired) electrons. The molecule has 2 aliphatic heterocycles. The molecule has 4 nitrogen and oxygen atoms in total. The molecule has 5 rings (SSSR count). The van der Waals surface area contributed by atoms with Crippen molar-refractivity contribution in [2.45, 2.75) is 37.9 Å². The molecule has 0 amide bonds. The minimum absolute atomic E-state index is 0.285. The molecule has 0 spiro atoms. The van der Waals surface area contributed by atoms with Gasteiger partial charge in [0.15, 0.2) is 0 Å². The molecule has 0 saturated carbocycles. The van der Waals surface area contributed by atoms with Gasteiger partial charge in [-0.1, -0.05) is 36.4 Å². The minimum Gasteiger partial charge on any atom is -0.396 e. The van der Waals surface area contributed by atoms with Crippen molar-refractivity contribution in [1.29, 1.82) is 0 Å². The fraction of sp³-hybridized carbons (Fsp3) is 0.520. The molecule has 1 aromatic heterocycles. The molecule has 30 heavy (non-hydrogen) atoms. The summed E-state index contributed by atoms with van der Waals surface area (Å²) in [5.74, 6) is 0. The average Bonchev–Trinajstić information content (AvgIpc) is 3.15. The Labute approximate surface area is 183 Å². The van der Waals surface area contributed by atoms with Gasteiger partial charge in [-0.3, -0.25) is 9.80 Å². The fourth-order valence-corrected chi connectivity index (χ4v) is 6.67. The highest BCUT2D eigenvalue weighted by molar-refractivity contribution is 7.26. The molecule has 2 aliphatic rings. The maximum atomic E-state index is 9.72. The van der Waals surface area contributed by atoms with Crippen molar-refractivity contribution in [1.82, 2.24) is 14.7 Å². The monoisotopic (exact) mass is 423 g/mol. The molecule has 5 heteroatoms. The molecule has 0 bridgehead atoms. The molecule has 0 unspecified atom stereocenters. The maximum absolute atomic E-state index is 9.72. The third-order valence-electron chi connectivity index (χ3n) is 7.11. The van der Waals surface area contributed by atoms with Crippen molar-refractivity contribution < 1.29 is 5.11 Å². The number of thiophene rings is 1. The van der Waals surface area contributed by atoms with E-state index < -0.39 is 0 Å². The van der Waals surface area contributed by atoms with Crippen LogP contribution in [0.3, 0.4) is 0 Å². The molecule has 3 heterocycles. The van der Waals surface area contributed by atoms with E-state index in [1.54, 1.807) is 0 Å². The first kappa shape index (κ1) is 20.4. The normalized spacial score (nSPS) is 22.9. The number of benzene rings is 2. The maximum Gasteiger partial charge on any atom is 0.0446 e. The fourth-order valence-electron chi connectivity index (χ4n) is 5.46. The number of aliphatic hydroxyl groups is 1. The van der Waals surface area contributed by atoms with Gasteiger partial charge in [0.05, 0.1) is 0 Å². The zero-order valence-electron chi connectivity index (χ0n) is 18.0. The van der Waals surface area contributed by atoms with E-state index in [0.29, 0.717) is 12.1 Å². The SMILES string of the molecule is CN1CCC(N2CCN(Cc3cccc4c3sc3ccccc34)C[C@H]2CCO)CC1. The summed E-state index contributed by atoms with van der Waals surface area (Å²) in [7, 11) is 2.23. The zero-order valence-corrected chi connectivity index (χ0v) is 18.8. The number of rotatable bonds is 5. The number of nitrogens with zero attached hydrogens (tertiary/aromatic N) is 3. The summed E-state index contributed by atoms with van der Waals surface area (Å²) in [6.07, 6.45) is 3.41. The molecule has 1 N–H and O–H groups in total. The summed E-state index contributed by atoms with van der Waals surface area (Å²) in [5, 5.41) is 12.5. The largest absolute Gasteiger partial charge is 0.396 e. The highest BCUT2D eigenvalue weighted by Crippen LogP contribution is 2.36. The van der Waals surface area contributed by atoms with Gasteiger partial charge in [0.25, 0.3) is 0 Å². The van der Waals surface area contributed by atoms with Crippen LogP contribution in [0.5, 0.6) is 0 Å². The lowest BCUT2D eigenvalue weighted by molar-refractivity contribution is 0.00613. The minimum atomic E-state index is 0.285. The third-order valence-corrected chi connectivity index (χ3v) is 8.37. The van der Waals surface area contributed by atoms with E-state index in [1.165, 1.54) is 51.7 Å². The van der Waals surface area contributed by atoms with E-state index in [0.717, 1.165) is 32.6 Å². The Balaban J connectivity index is 1.33. The van der Waals surface area contributed by atoms with Gasteiger partial charge >= 0.3 is 0 Å². The zero-order chi connectivity index (χ0) is 20.5. The number of fused-ring (bicyclic) bond motifs is 3. The molecule has 1 atom stereocenters. The summed E-state index contributed by atoms with van der Waals surface area (Å²) < 4.78 is 2.82. The smallest absolute Gasteiger partial charge is 0.0446 e. The van der Waals surface area contributed by atoms with Gasteiger partial charge in [0.2, 0.25) is 0 Å². The Kier molecular flexibility index (Phi) is 6.07. The first-order valence-electron chi connectivity index (χ1n) is 11.4. The Bertz CT molecular complexity index is 994. The number of piperazine rings is 1. The van der Waals surface area contributed by atoms with Crippen molar-refractivity contribution in [3.63, 3.8) is 0 Å². The second kappa shape index (κ2) is 8.93. The molecule has 0 aliphatic carbocycles. The number of aliphatic hydroxyl groups excluding tert-OH is 1. The van der Waals surface area contributed by atoms with E-state index in [-0.39, 0.29) is 6.61 Å². The van der Waals surface area contributed by atoms with Crippen LogP contribution in [-0.2, 0) is 6.54 Å². The predicted octanol–water partition coefficient (Wildman–Crippen LogP) is 4.02. The van der Waals surface area contributed by atoms with Gasteiger partial charge in [-0.05, 0) is 51.0 Å². The lowest BCUT2D eigenvalue weighted by Gasteiger charge is -2.47. The van der Waals surface area contributed by atoms with Gasteiger partial charge in [0.1, 0.15) is 0 Å². The topological polar surface area (TPSA) is 30.0 Å². The standard InChI is InChI=1S/C25H33N3OS/c1-26-12-9-20(10-13-26)28-15-14-27(18-21(28)11-16-29)17-19-5-4-7-23-22-6-2-3-8-24(22)30-25(19)23/h2-8,20-21,29H,9-18H2,1H3/t21-/m1/s1. The van der Waals surface area contributed by atoms with Gasteiger partial charge in [-0.25, -0.2) is 0 Å². The number of likely N-dealkylation sites (tertiary alicyclic amines) is 1. The predicted molar refractivity (Wildman–Crippen MR) is 127 cm³/mol. The van der Waals surface area contributed by atoms with Crippen molar-refractivity contribution in [2.24, 2.45) is 0 Å². The number of hydrogen-bond donors (Lipinski definition) is 1. The van der Waals surface area contributed by atoms with Gasteiger partial charge in [-0.2, -0.15) is 0 Å².